The first kappa shape index (κ1) is 18.2. The number of nitrogens with zero attached hydrogens (tertiary/aromatic N) is 1. The fourth-order valence-electron chi connectivity index (χ4n) is 2.75. The molecule has 1 fully saturated rings. The van der Waals surface area contributed by atoms with E-state index in [4.69, 9.17) is 4.74 Å². The highest BCUT2D eigenvalue weighted by molar-refractivity contribution is 5.89. The molecule has 0 aromatic heterocycles. The van der Waals surface area contributed by atoms with Gasteiger partial charge in [-0.2, -0.15) is 0 Å². The zero-order chi connectivity index (χ0) is 18.1. The molecule has 1 aliphatic heterocycles. The highest BCUT2D eigenvalue weighted by Crippen LogP contribution is 2.26. The third-order valence-electron chi connectivity index (χ3n) is 4.12. The molecule has 1 saturated heterocycles. The number of ether oxygens (including phenoxy) is 1. The Hall–Kier alpha value is -2.18. The summed E-state index contributed by atoms with van der Waals surface area (Å²) in [4.78, 5) is 25.9. The van der Waals surface area contributed by atoms with Crippen LogP contribution in [0.2, 0.25) is 0 Å². The third-order valence-corrected chi connectivity index (χ3v) is 4.12. The molecule has 0 spiro atoms. The Morgan fingerprint density at radius 3 is 2.58 bits per heavy atom. The average molecular weight is 340 g/mol. The van der Waals surface area contributed by atoms with Gasteiger partial charge in [0.2, 0.25) is 11.8 Å². The van der Waals surface area contributed by atoms with Crippen molar-refractivity contribution in [3.8, 4) is 5.75 Å². The minimum atomic E-state index is -0.836. The molecule has 1 aromatic rings. The summed E-state index contributed by atoms with van der Waals surface area (Å²) in [5, 5.41) is 2.51. The second-order valence-electron chi connectivity index (χ2n) is 6.84. The normalized spacial score (nSPS) is 18.0. The molecule has 5 nitrogen and oxygen atoms in total. The Labute approximate surface area is 140 Å². The minimum absolute atomic E-state index is 0.0874. The molecule has 0 bridgehead atoms. The van der Waals surface area contributed by atoms with E-state index in [-0.39, 0.29) is 35.7 Å². The molecule has 1 aromatic carbocycles. The maximum absolute atomic E-state index is 14.1. The highest BCUT2D eigenvalue weighted by atomic mass is 19.1. The highest BCUT2D eigenvalue weighted by Gasteiger charge is 2.39. The first-order valence-electron chi connectivity index (χ1n) is 7.74. The van der Waals surface area contributed by atoms with E-state index in [1.807, 2.05) is 20.8 Å². The van der Waals surface area contributed by atoms with E-state index in [0.717, 1.165) is 6.07 Å². The molecule has 2 rings (SSSR count). The number of hydrogen-bond acceptors (Lipinski definition) is 3. The number of methoxy groups -OCH3 is 1. The maximum atomic E-state index is 14.1. The number of carbonyl (C=O) groups excluding carboxylic acids is 2. The van der Waals surface area contributed by atoms with Crippen molar-refractivity contribution in [3.05, 3.63) is 29.3 Å². The predicted molar refractivity (Wildman–Crippen MR) is 84.3 cm³/mol. The van der Waals surface area contributed by atoms with Crippen molar-refractivity contribution in [2.24, 2.45) is 5.92 Å². The van der Waals surface area contributed by atoms with Crippen LogP contribution in [0.5, 0.6) is 5.75 Å². The van der Waals surface area contributed by atoms with E-state index >= 15 is 0 Å². The number of amides is 2. The van der Waals surface area contributed by atoms with Gasteiger partial charge in [-0.3, -0.25) is 9.59 Å². The second-order valence-corrected chi connectivity index (χ2v) is 6.84. The van der Waals surface area contributed by atoms with E-state index in [9.17, 15) is 18.4 Å². The van der Waals surface area contributed by atoms with Gasteiger partial charge in [0.25, 0.3) is 0 Å². The number of halogens is 2. The Morgan fingerprint density at radius 1 is 1.38 bits per heavy atom. The van der Waals surface area contributed by atoms with Crippen LogP contribution in [0, 0.1) is 17.6 Å². The maximum Gasteiger partial charge on any atom is 0.225 e. The van der Waals surface area contributed by atoms with E-state index in [1.54, 1.807) is 4.90 Å². The van der Waals surface area contributed by atoms with Crippen molar-refractivity contribution < 1.29 is 23.1 Å². The van der Waals surface area contributed by atoms with E-state index in [0.29, 0.717) is 6.54 Å². The molecule has 24 heavy (non-hydrogen) atoms. The SMILES string of the molecule is COc1ccc(F)c(CNC(=O)[C@@H]2CC(=O)N(C(C)(C)C)C2)c1F. The summed E-state index contributed by atoms with van der Waals surface area (Å²) in [6, 6.07) is 2.27. The van der Waals surface area contributed by atoms with Gasteiger partial charge >= 0.3 is 0 Å². The molecule has 0 radical (unpaired) electrons. The molecule has 0 unspecified atom stereocenters. The quantitative estimate of drug-likeness (QED) is 0.914. The van der Waals surface area contributed by atoms with Crippen molar-refractivity contribution in [1.29, 1.82) is 0 Å². The fraction of sp³-hybridized carbons (Fsp3) is 0.529. The second kappa shape index (κ2) is 6.75. The summed E-state index contributed by atoms with van der Waals surface area (Å²) in [6.07, 6.45) is 0.103. The molecule has 0 saturated carbocycles. The largest absolute Gasteiger partial charge is 0.494 e. The summed E-state index contributed by atoms with van der Waals surface area (Å²) < 4.78 is 32.6. The molecule has 1 N–H and O–H groups in total. The van der Waals surface area contributed by atoms with Crippen LogP contribution in [0.1, 0.15) is 32.8 Å². The van der Waals surface area contributed by atoms with Crippen LogP contribution in [0.4, 0.5) is 8.78 Å². The van der Waals surface area contributed by atoms with Crippen molar-refractivity contribution in [2.45, 2.75) is 39.3 Å². The number of nitrogens with one attached hydrogen (secondary N) is 1. The summed E-state index contributed by atoms with van der Waals surface area (Å²) >= 11 is 0. The molecule has 1 heterocycles. The molecule has 2 amide bonds. The van der Waals surface area contributed by atoms with E-state index in [1.165, 1.54) is 13.2 Å². The lowest BCUT2D eigenvalue weighted by Gasteiger charge is -2.31. The average Bonchev–Trinajstić information content (AvgIpc) is 2.89. The van der Waals surface area contributed by atoms with Crippen LogP contribution in [-0.4, -0.2) is 35.9 Å². The lowest BCUT2D eigenvalue weighted by atomic mass is 10.1. The number of benzene rings is 1. The molecular formula is C17H22F2N2O3. The topological polar surface area (TPSA) is 58.6 Å². The lowest BCUT2D eigenvalue weighted by Crippen LogP contribution is -2.43. The van der Waals surface area contributed by atoms with Crippen LogP contribution in [-0.2, 0) is 16.1 Å². The molecule has 0 aliphatic carbocycles. The number of carbonyl (C=O) groups is 2. The standard InChI is InChI=1S/C17H22F2N2O3/c1-17(2,3)21-9-10(7-14(21)22)16(23)20-8-11-12(18)5-6-13(24-4)15(11)19/h5-6,10H,7-9H2,1-4H3,(H,20,23)/t10-/m1/s1. The third kappa shape index (κ3) is 3.66. The van der Waals surface area contributed by atoms with Crippen LogP contribution in [0.15, 0.2) is 12.1 Å². The van der Waals surface area contributed by atoms with Crippen LogP contribution in [0.3, 0.4) is 0 Å². The van der Waals surface area contributed by atoms with Gasteiger partial charge in [-0.15, -0.1) is 0 Å². The van der Waals surface area contributed by atoms with Crippen molar-refractivity contribution in [2.75, 3.05) is 13.7 Å². The first-order valence-corrected chi connectivity index (χ1v) is 7.74. The van der Waals surface area contributed by atoms with Gasteiger partial charge in [0.1, 0.15) is 5.82 Å². The van der Waals surface area contributed by atoms with Crippen molar-refractivity contribution in [3.63, 3.8) is 0 Å². The Kier molecular flexibility index (Phi) is 5.11. The molecule has 1 aliphatic rings. The smallest absolute Gasteiger partial charge is 0.225 e. The molecule has 1 atom stereocenters. The fourth-order valence-corrected chi connectivity index (χ4v) is 2.75. The van der Waals surface area contributed by atoms with Gasteiger partial charge in [0.15, 0.2) is 11.6 Å². The Morgan fingerprint density at radius 2 is 2.04 bits per heavy atom. The van der Waals surface area contributed by atoms with Gasteiger partial charge in [-0.05, 0) is 32.9 Å². The number of rotatable bonds is 4. The summed E-state index contributed by atoms with van der Waals surface area (Å²) in [6.45, 7) is 5.69. The van der Waals surface area contributed by atoms with Gasteiger partial charge in [-0.1, -0.05) is 0 Å². The molecule has 132 valence electrons. The number of likely N-dealkylation sites (tertiary alicyclic amines) is 1. The molecular weight excluding hydrogens is 318 g/mol. The van der Waals surface area contributed by atoms with Crippen LogP contribution in [0.25, 0.3) is 0 Å². The van der Waals surface area contributed by atoms with Crippen LogP contribution < -0.4 is 10.1 Å². The van der Waals surface area contributed by atoms with E-state index < -0.39 is 23.5 Å². The lowest BCUT2D eigenvalue weighted by molar-refractivity contribution is -0.132. The predicted octanol–water partition coefficient (Wildman–Crippen LogP) is 2.24. The van der Waals surface area contributed by atoms with Gasteiger partial charge < -0.3 is 15.0 Å². The summed E-state index contributed by atoms with van der Waals surface area (Å²) in [5.41, 5.74) is -0.628. The Bertz CT molecular complexity index is 656. The van der Waals surface area contributed by atoms with Gasteiger partial charge in [-0.25, -0.2) is 8.78 Å². The first-order chi connectivity index (χ1) is 11.1. The van der Waals surface area contributed by atoms with Crippen molar-refractivity contribution in [1.82, 2.24) is 10.2 Å². The van der Waals surface area contributed by atoms with Gasteiger partial charge in [0.05, 0.1) is 13.0 Å². The van der Waals surface area contributed by atoms with Gasteiger partial charge in [0, 0.05) is 30.6 Å². The van der Waals surface area contributed by atoms with Crippen LogP contribution >= 0.6 is 0 Å². The zero-order valence-electron chi connectivity index (χ0n) is 14.3. The Balaban J connectivity index is 2.04. The molecule has 7 heteroatoms. The minimum Gasteiger partial charge on any atom is -0.494 e. The summed E-state index contributed by atoms with van der Waals surface area (Å²) in [5.74, 6) is -2.69. The van der Waals surface area contributed by atoms with E-state index in [2.05, 4.69) is 5.32 Å². The zero-order valence-corrected chi connectivity index (χ0v) is 14.3. The number of hydrogen-bond donors (Lipinski definition) is 1. The monoisotopic (exact) mass is 340 g/mol. The summed E-state index contributed by atoms with van der Waals surface area (Å²) in [7, 11) is 1.28. The van der Waals surface area contributed by atoms with Crippen molar-refractivity contribution >= 4 is 11.8 Å².